The molecule has 0 aliphatic rings. The van der Waals surface area contributed by atoms with Crippen molar-refractivity contribution in [3.63, 3.8) is 0 Å². The number of nitrogens with one attached hydrogen (secondary N) is 4. The van der Waals surface area contributed by atoms with Gasteiger partial charge in [0.05, 0.1) is 12.6 Å². The number of hydrogen-bond donors (Lipinski definition) is 10. The summed E-state index contributed by atoms with van der Waals surface area (Å²) >= 11 is 1.39. The van der Waals surface area contributed by atoms with Crippen LogP contribution in [0.25, 0.3) is 0 Å². The lowest BCUT2D eigenvalue weighted by molar-refractivity contribution is -0.138. The Morgan fingerprint density at radius 2 is 1.50 bits per heavy atom. The van der Waals surface area contributed by atoms with Crippen LogP contribution in [0.2, 0.25) is 0 Å². The molecule has 0 aliphatic carbocycles. The summed E-state index contributed by atoms with van der Waals surface area (Å²) in [5.41, 5.74) is 17.1. The zero-order valence-electron chi connectivity index (χ0n) is 23.2. The fraction of sp³-hybridized carbons (Fsp3) is 0.520. The molecule has 1 rings (SSSR count). The van der Waals surface area contributed by atoms with Gasteiger partial charge in [-0.1, -0.05) is 12.1 Å². The number of rotatable bonds is 19. The average Bonchev–Trinajstić information content (AvgIpc) is 2.94. The smallest absolute Gasteiger partial charge is 0.322 e. The highest BCUT2D eigenvalue weighted by atomic mass is 32.2. The Morgan fingerprint density at radius 1 is 0.905 bits per heavy atom. The molecule has 0 aliphatic heterocycles. The number of hydrogen-bond acceptors (Lipinski definition) is 10. The van der Waals surface area contributed by atoms with Crippen molar-refractivity contribution in [3.05, 3.63) is 29.8 Å². The molecule has 0 radical (unpaired) electrons. The average molecular weight is 613 g/mol. The van der Waals surface area contributed by atoms with Gasteiger partial charge in [-0.2, -0.15) is 11.8 Å². The molecule has 0 saturated heterocycles. The highest BCUT2D eigenvalue weighted by Crippen LogP contribution is 2.12. The third-order valence-electron chi connectivity index (χ3n) is 5.79. The molecule has 0 spiro atoms. The fourth-order valence-corrected chi connectivity index (χ4v) is 4.01. The molecule has 0 fully saturated rings. The number of aromatic hydroxyl groups is 1. The Balaban J connectivity index is 3.01. The number of aliphatic hydroxyl groups excluding tert-OH is 1. The zero-order chi connectivity index (χ0) is 31.7. The van der Waals surface area contributed by atoms with Crippen LogP contribution >= 0.6 is 11.8 Å². The normalized spacial score (nSPS) is 13.5. The predicted octanol–water partition coefficient (Wildman–Crippen LogP) is -3.28. The molecule has 0 unspecified atom stereocenters. The maximum Gasteiger partial charge on any atom is 0.322 e. The summed E-state index contributed by atoms with van der Waals surface area (Å²) in [7, 11) is 0. The Kier molecular flexibility index (Phi) is 16.3. The first-order valence-electron chi connectivity index (χ1n) is 13.0. The Morgan fingerprint density at radius 3 is 2.07 bits per heavy atom. The number of carboxylic acid groups (broad SMARTS) is 1. The molecule has 234 valence electrons. The highest BCUT2D eigenvalue weighted by Gasteiger charge is 2.30. The van der Waals surface area contributed by atoms with E-state index in [1.54, 1.807) is 18.4 Å². The number of phenolic OH excluding ortho intramolecular Hbond substituents is 1. The summed E-state index contributed by atoms with van der Waals surface area (Å²) in [4.78, 5) is 66.0. The number of carbonyl (C=O) groups is 5. The number of thioether (sulfide) groups is 1. The molecule has 1 aromatic rings. The van der Waals surface area contributed by atoms with Crippen molar-refractivity contribution in [2.45, 2.75) is 49.9 Å². The Hall–Kier alpha value is -4.09. The number of amides is 4. The van der Waals surface area contributed by atoms with E-state index in [9.17, 15) is 34.2 Å². The number of aliphatic hydroxyl groups is 1. The van der Waals surface area contributed by atoms with Crippen molar-refractivity contribution in [1.29, 1.82) is 0 Å². The maximum absolute atomic E-state index is 13.3. The topological polar surface area (TPSA) is 285 Å². The van der Waals surface area contributed by atoms with Gasteiger partial charge in [-0.3, -0.25) is 29.0 Å². The molecule has 42 heavy (non-hydrogen) atoms. The van der Waals surface area contributed by atoms with Crippen LogP contribution in [0.15, 0.2) is 29.3 Å². The molecule has 0 heterocycles. The van der Waals surface area contributed by atoms with E-state index in [0.717, 1.165) is 0 Å². The minimum Gasteiger partial charge on any atom is -0.508 e. The molecule has 4 atom stereocenters. The van der Waals surface area contributed by atoms with E-state index in [2.05, 4.69) is 26.3 Å². The summed E-state index contributed by atoms with van der Waals surface area (Å²) in [5, 5.41) is 37.8. The number of aliphatic carboxylic acids is 1. The minimum absolute atomic E-state index is 0.00739. The monoisotopic (exact) mass is 612 g/mol. The van der Waals surface area contributed by atoms with Crippen LogP contribution < -0.4 is 38.5 Å². The number of carbonyl (C=O) groups excluding carboxylic acids is 4. The zero-order valence-corrected chi connectivity index (χ0v) is 24.1. The van der Waals surface area contributed by atoms with Gasteiger partial charge in [0.25, 0.3) is 0 Å². The van der Waals surface area contributed by atoms with E-state index in [-0.39, 0.29) is 37.5 Å². The molecule has 0 bridgehead atoms. The van der Waals surface area contributed by atoms with Gasteiger partial charge in [0.15, 0.2) is 5.96 Å². The van der Waals surface area contributed by atoms with E-state index in [1.165, 1.54) is 23.9 Å². The number of phenols is 1. The molecule has 0 aromatic heterocycles. The summed E-state index contributed by atoms with van der Waals surface area (Å²) in [6.07, 6.45) is 2.49. The van der Waals surface area contributed by atoms with Crippen molar-refractivity contribution < 1.29 is 39.3 Å². The summed E-state index contributed by atoms with van der Waals surface area (Å²) < 4.78 is 0. The molecular weight excluding hydrogens is 572 g/mol. The van der Waals surface area contributed by atoms with Crippen LogP contribution in [0.5, 0.6) is 5.75 Å². The van der Waals surface area contributed by atoms with E-state index in [0.29, 0.717) is 17.7 Å². The van der Waals surface area contributed by atoms with Gasteiger partial charge >= 0.3 is 5.97 Å². The van der Waals surface area contributed by atoms with Gasteiger partial charge in [-0.15, -0.1) is 0 Å². The van der Waals surface area contributed by atoms with Crippen molar-refractivity contribution in [2.24, 2.45) is 22.2 Å². The van der Waals surface area contributed by atoms with Gasteiger partial charge in [0.2, 0.25) is 23.6 Å². The van der Waals surface area contributed by atoms with Gasteiger partial charge in [-0.25, -0.2) is 0 Å². The SMILES string of the molecule is CSCC[C@H](NC(=O)[C@H](CO)NC(=O)[C@H](Cc1ccc(O)cc1)NC(=O)[C@@H](N)CCCN=C(N)N)C(=O)NCC(=O)O. The summed E-state index contributed by atoms with van der Waals surface area (Å²) in [5.74, 6) is -4.04. The second-order valence-corrected chi connectivity index (χ2v) is 10.2. The van der Waals surface area contributed by atoms with Crippen LogP contribution in [-0.4, -0.2) is 107 Å². The van der Waals surface area contributed by atoms with Gasteiger partial charge < -0.3 is 53.8 Å². The second kappa shape index (κ2) is 19.1. The minimum atomic E-state index is -1.51. The lowest BCUT2D eigenvalue weighted by Crippen LogP contribution is -2.59. The van der Waals surface area contributed by atoms with Crippen molar-refractivity contribution >= 4 is 47.3 Å². The van der Waals surface area contributed by atoms with Crippen molar-refractivity contribution in [1.82, 2.24) is 21.3 Å². The van der Waals surface area contributed by atoms with Gasteiger partial charge in [0.1, 0.15) is 30.4 Å². The van der Waals surface area contributed by atoms with E-state index < -0.39 is 66.9 Å². The lowest BCUT2D eigenvalue weighted by Gasteiger charge is -2.25. The number of guanidine groups is 1. The number of nitrogens with zero attached hydrogens (tertiary/aromatic N) is 1. The first-order chi connectivity index (χ1) is 19.9. The number of aliphatic imine (C=N–C) groups is 1. The third-order valence-corrected chi connectivity index (χ3v) is 6.43. The molecule has 4 amide bonds. The highest BCUT2D eigenvalue weighted by molar-refractivity contribution is 7.98. The van der Waals surface area contributed by atoms with E-state index >= 15 is 0 Å². The first kappa shape index (κ1) is 35.9. The predicted molar refractivity (Wildman–Crippen MR) is 156 cm³/mol. The van der Waals surface area contributed by atoms with Crippen LogP contribution in [0, 0.1) is 0 Å². The number of nitrogens with two attached hydrogens (primary N) is 3. The molecular formula is C25H40N8O8S. The van der Waals surface area contributed by atoms with Gasteiger partial charge in [0, 0.05) is 13.0 Å². The molecule has 1 aromatic carbocycles. The first-order valence-corrected chi connectivity index (χ1v) is 14.4. The van der Waals surface area contributed by atoms with Crippen LogP contribution in [0.3, 0.4) is 0 Å². The van der Waals surface area contributed by atoms with Crippen molar-refractivity contribution in [3.8, 4) is 5.75 Å². The lowest BCUT2D eigenvalue weighted by atomic mass is 10.0. The fourth-order valence-electron chi connectivity index (χ4n) is 3.54. The van der Waals surface area contributed by atoms with Crippen LogP contribution in [-0.2, 0) is 30.4 Å². The third kappa shape index (κ3) is 14.0. The Bertz CT molecular complexity index is 1080. The molecule has 16 nitrogen and oxygen atoms in total. The molecule has 0 saturated carbocycles. The Labute approximate surface area is 247 Å². The maximum atomic E-state index is 13.3. The number of benzene rings is 1. The number of carboxylic acids is 1. The summed E-state index contributed by atoms with van der Waals surface area (Å²) in [6.45, 7) is -1.24. The second-order valence-electron chi connectivity index (χ2n) is 9.18. The van der Waals surface area contributed by atoms with Crippen LogP contribution in [0.4, 0.5) is 0 Å². The van der Waals surface area contributed by atoms with E-state index in [4.69, 9.17) is 22.3 Å². The molecule has 17 heteroatoms. The standard InChI is InChI=1S/C25H40N8O8S/c1-42-10-8-17(22(39)30-12-20(36)37)31-24(41)19(13-34)33-23(40)18(11-14-4-6-15(35)7-5-14)32-21(38)16(26)3-2-9-29-25(27)28/h4-7,16-19,34-35H,2-3,8-13,26H2,1H3,(H,30,39)(H,31,41)(H,32,38)(H,33,40)(H,36,37)(H4,27,28,29)/t16-,17-,18-,19-/m0/s1. The molecule has 13 N–H and O–H groups in total. The van der Waals surface area contributed by atoms with E-state index in [1.807, 2.05) is 0 Å². The largest absolute Gasteiger partial charge is 0.508 e. The summed E-state index contributed by atoms with van der Waals surface area (Å²) in [6, 6.07) is 1.00. The quantitative estimate of drug-likeness (QED) is 0.0418. The van der Waals surface area contributed by atoms with Crippen molar-refractivity contribution in [2.75, 3.05) is 31.7 Å². The van der Waals surface area contributed by atoms with Crippen LogP contribution in [0.1, 0.15) is 24.8 Å². The van der Waals surface area contributed by atoms with Gasteiger partial charge in [-0.05, 0) is 49.0 Å².